The Kier molecular flexibility index (Phi) is 4.31. The molecule has 0 fully saturated rings. The van der Waals surface area contributed by atoms with E-state index in [1.807, 2.05) is 6.07 Å². The Morgan fingerprint density at radius 1 is 1.08 bits per heavy atom. The number of alkyl halides is 3. The molecule has 0 aliphatic heterocycles. The van der Waals surface area contributed by atoms with Crippen molar-refractivity contribution in [2.24, 2.45) is 0 Å². The lowest BCUT2D eigenvalue weighted by Gasteiger charge is -2.08. The van der Waals surface area contributed by atoms with Crippen LogP contribution in [0.2, 0.25) is 0 Å². The van der Waals surface area contributed by atoms with Gasteiger partial charge < -0.3 is 5.11 Å². The van der Waals surface area contributed by atoms with Gasteiger partial charge in [-0.3, -0.25) is 4.79 Å². The Morgan fingerprint density at radius 2 is 1.80 bits per heavy atom. The van der Waals surface area contributed by atoms with Crippen molar-refractivity contribution in [2.75, 3.05) is 0 Å². The van der Waals surface area contributed by atoms with Crippen molar-refractivity contribution in [3.8, 4) is 16.9 Å². The van der Waals surface area contributed by atoms with Crippen LogP contribution in [0.25, 0.3) is 16.9 Å². The first kappa shape index (κ1) is 16.8. The Bertz CT molecular complexity index is 902. The Labute approximate surface area is 141 Å². The van der Waals surface area contributed by atoms with Gasteiger partial charge in [-0.25, -0.2) is 4.68 Å². The van der Waals surface area contributed by atoms with E-state index in [1.54, 1.807) is 24.3 Å². The Morgan fingerprint density at radius 3 is 2.44 bits per heavy atom. The second kappa shape index (κ2) is 6.43. The molecule has 0 amide bonds. The number of aromatic nitrogens is 2. The lowest BCUT2D eigenvalue weighted by Crippen LogP contribution is -2.05. The summed E-state index contributed by atoms with van der Waals surface area (Å²) in [7, 11) is 0. The summed E-state index contributed by atoms with van der Waals surface area (Å²) in [5, 5.41) is 13.4. The van der Waals surface area contributed by atoms with Crippen molar-refractivity contribution in [1.29, 1.82) is 0 Å². The van der Waals surface area contributed by atoms with Crippen molar-refractivity contribution in [3.63, 3.8) is 0 Å². The molecule has 1 N–H and O–H groups in total. The molecule has 2 aromatic carbocycles. The third-order valence-electron chi connectivity index (χ3n) is 3.62. The topological polar surface area (TPSA) is 55.1 Å². The molecule has 0 saturated carbocycles. The minimum atomic E-state index is -4.48. The average molecular weight is 346 g/mol. The van der Waals surface area contributed by atoms with Gasteiger partial charge in [0.15, 0.2) is 0 Å². The van der Waals surface area contributed by atoms with Crippen molar-refractivity contribution < 1.29 is 23.1 Å². The molecule has 7 heteroatoms. The van der Waals surface area contributed by atoms with Crippen LogP contribution < -0.4 is 0 Å². The smallest absolute Gasteiger partial charge is 0.416 e. The van der Waals surface area contributed by atoms with E-state index in [-0.39, 0.29) is 17.7 Å². The van der Waals surface area contributed by atoms with Gasteiger partial charge in [-0.2, -0.15) is 18.3 Å². The summed E-state index contributed by atoms with van der Waals surface area (Å²) in [6, 6.07) is 13.6. The van der Waals surface area contributed by atoms with E-state index < -0.39 is 17.7 Å². The predicted octanol–water partition coefficient (Wildman–Crippen LogP) is 4.19. The van der Waals surface area contributed by atoms with E-state index in [0.717, 1.165) is 12.1 Å². The minimum Gasteiger partial charge on any atom is -0.481 e. The van der Waals surface area contributed by atoms with Crippen LogP contribution in [-0.4, -0.2) is 20.9 Å². The van der Waals surface area contributed by atoms with Crippen molar-refractivity contribution >= 4 is 5.97 Å². The molecule has 0 saturated heterocycles. The van der Waals surface area contributed by atoms with Crippen LogP contribution >= 0.6 is 0 Å². The maximum Gasteiger partial charge on any atom is 0.416 e. The molecule has 1 heterocycles. The molecule has 0 radical (unpaired) electrons. The molecule has 3 rings (SSSR count). The molecule has 4 nitrogen and oxygen atoms in total. The number of halogens is 3. The van der Waals surface area contributed by atoms with Crippen molar-refractivity contribution in [2.45, 2.75) is 12.6 Å². The highest BCUT2D eigenvalue weighted by Crippen LogP contribution is 2.33. The van der Waals surface area contributed by atoms with Crippen LogP contribution in [0.4, 0.5) is 13.2 Å². The number of rotatable bonds is 4. The van der Waals surface area contributed by atoms with Gasteiger partial charge in [0.2, 0.25) is 0 Å². The van der Waals surface area contributed by atoms with Gasteiger partial charge in [0.05, 0.1) is 23.4 Å². The number of benzene rings is 2. The van der Waals surface area contributed by atoms with E-state index in [2.05, 4.69) is 5.10 Å². The molecule has 0 aliphatic rings. The monoisotopic (exact) mass is 346 g/mol. The first-order valence-electron chi connectivity index (χ1n) is 7.38. The SMILES string of the molecule is O=C(O)Cc1cn(-c2ccccc2)nc1-c1cccc(C(F)(F)F)c1. The summed E-state index contributed by atoms with van der Waals surface area (Å²) in [4.78, 5) is 11.1. The highest BCUT2D eigenvalue weighted by atomic mass is 19.4. The number of carboxylic acid groups (broad SMARTS) is 1. The molecular weight excluding hydrogens is 333 g/mol. The lowest BCUT2D eigenvalue weighted by molar-refractivity contribution is -0.138. The van der Waals surface area contributed by atoms with E-state index in [1.165, 1.54) is 23.0 Å². The predicted molar refractivity (Wildman–Crippen MR) is 85.3 cm³/mol. The second-order valence-corrected chi connectivity index (χ2v) is 5.43. The molecule has 0 bridgehead atoms. The normalized spacial score (nSPS) is 11.5. The van der Waals surface area contributed by atoms with Crippen LogP contribution in [0, 0.1) is 0 Å². The summed E-state index contributed by atoms with van der Waals surface area (Å²) >= 11 is 0. The Balaban J connectivity index is 2.11. The van der Waals surface area contributed by atoms with E-state index in [9.17, 15) is 18.0 Å². The van der Waals surface area contributed by atoms with Gasteiger partial charge in [0.25, 0.3) is 0 Å². The number of hydrogen-bond donors (Lipinski definition) is 1. The number of hydrogen-bond acceptors (Lipinski definition) is 2. The maximum atomic E-state index is 12.9. The van der Waals surface area contributed by atoms with E-state index >= 15 is 0 Å². The molecule has 1 aromatic heterocycles. The van der Waals surface area contributed by atoms with Crippen molar-refractivity contribution in [1.82, 2.24) is 9.78 Å². The summed E-state index contributed by atoms with van der Waals surface area (Å²) in [5.41, 5.74) is 0.668. The van der Waals surface area contributed by atoms with Crippen LogP contribution in [0.15, 0.2) is 60.8 Å². The van der Waals surface area contributed by atoms with Crippen LogP contribution in [0.5, 0.6) is 0 Å². The van der Waals surface area contributed by atoms with Gasteiger partial charge in [-0.15, -0.1) is 0 Å². The number of nitrogens with zero attached hydrogens (tertiary/aromatic N) is 2. The number of carboxylic acids is 1. The fourth-order valence-electron chi connectivity index (χ4n) is 2.50. The van der Waals surface area contributed by atoms with E-state index in [4.69, 9.17) is 5.11 Å². The van der Waals surface area contributed by atoms with Crippen molar-refractivity contribution in [3.05, 3.63) is 71.9 Å². The summed E-state index contributed by atoms with van der Waals surface area (Å²) < 4.78 is 40.3. The third-order valence-corrected chi connectivity index (χ3v) is 3.62. The molecule has 25 heavy (non-hydrogen) atoms. The molecule has 3 aromatic rings. The largest absolute Gasteiger partial charge is 0.481 e. The summed E-state index contributed by atoms with van der Waals surface area (Å²) in [5.74, 6) is -1.08. The first-order valence-corrected chi connectivity index (χ1v) is 7.38. The molecule has 0 unspecified atom stereocenters. The number of para-hydroxylation sites is 1. The quantitative estimate of drug-likeness (QED) is 0.771. The third kappa shape index (κ3) is 3.71. The van der Waals surface area contributed by atoms with Crippen LogP contribution in [-0.2, 0) is 17.4 Å². The fourth-order valence-corrected chi connectivity index (χ4v) is 2.50. The van der Waals surface area contributed by atoms with Gasteiger partial charge >= 0.3 is 12.1 Å². The zero-order valence-corrected chi connectivity index (χ0v) is 12.9. The minimum absolute atomic E-state index is 0.220. The molecule has 128 valence electrons. The van der Waals surface area contributed by atoms with E-state index in [0.29, 0.717) is 11.3 Å². The standard InChI is InChI=1S/C18H13F3N2O2/c19-18(20,21)14-6-4-5-12(9-14)17-13(10-16(24)25)11-23(22-17)15-7-2-1-3-8-15/h1-9,11H,10H2,(H,24,25). The molecule has 0 atom stereocenters. The van der Waals surface area contributed by atoms with Gasteiger partial charge in [0, 0.05) is 17.3 Å². The molecular formula is C18H13F3N2O2. The first-order chi connectivity index (χ1) is 11.8. The highest BCUT2D eigenvalue weighted by molar-refractivity contribution is 5.75. The summed E-state index contributed by atoms with van der Waals surface area (Å²) in [6.45, 7) is 0. The average Bonchev–Trinajstić information content (AvgIpc) is 2.98. The number of carbonyl (C=O) groups is 1. The lowest BCUT2D eigenvalue weighted by atomic mass is 10.0. The summed E-state index contributed by atoms with van der Waals surface area (Å²) in [6.07, 6.45) is -3.29. The van der Waals surface area contributed by atoms with Crippen LogP contribution in [0.3, 0.4) is 0 Å². The number of aliphatic carboxylic acids is 1. The molecule has 0 aliphatic carbocycles. The zero-order valence-electron chi connectivity index (χ0n) is 12.9. The van der Waals surface area contributed by atoms with Crippen LogP contribution in [0.1, 0.15) is 11.1 Å². The van der Waals surface area contributed by atoms with Gasteiger partial charge in [-0.05, 0) is 24.3 Å². The molecule has 0 spiro atoms. The van der Waals surface area contributed by atoms with Gasteiger partial charge in [0.1, 0.15) is 0 Å². The van der Waals surface area contributed by atoms with Gasteiger partial charge in [-0.1, -0.05) is 30.3 Å². The maximum absolute atomic E-state index is 12.9. The fraction of sp³-hybridized carbons (Fsp3) is 0.111. The highest BCUT2D eigenvalue weighted by Gasteiger charge is 2.31. The zero-order chi connectivity index (χ0) is 18.0. The Hall–Kier alpha value is -3.09. The second-order valence-electron chi connectivity index (χ2n) is 5.43.